The molecule has 1 spiro atoms. The van der Waals surface area contributed by atoms with E-state index in [1.807, 2.05) is 38.1 Å². The normalized spacial score (nSPS) is 43.2. The van der Waals surface area contributed by atoms with Gasteiger partial charge in [-0.15, -0.1) is 0 Å². The predicted octanol–water partition coefficient (Wildman–Crippen LogP) is 6.01. The Morgan fingerprint density at radius 1 is 1.08 bits per heavy atom. The lowest BCUT2D eigenvalue weighted by molar-refractivity contribution is -0.194. The van der Waals surface area contributed by atoms with Crippen LogP contribution >= 0.6 is 0 Å². The minimum Gasteiger partial charge on any atom is -0.481 e. The van der Waals surface area contributed by atoms with Gasteiger partial charge in [0.15, 0.2) is 0 Å². The fourth-order valence-corrected chi connectivity index (χ4v) is 9.98. The van der Waals surface area contributed by atoms with Crippen molar-refractivity contribution in [3.05, 3.63) is 41.5 Å². The van der Waals surface area contributed by atoms with Gasteiger partial charge in [-0.1, -0.05) is 51.0 Å². The molecule has 0 unspecified atom stereocenters. The summed E-state index contributed by atoms with van der Waals surface area (Å²) in [6.07, 6.45) is 7.58. The zero-order valence-corrected chi connectivity index (χ0v) is 22.2. The van der Waals surface area contributed by atoms with Gasteiger partial charge >= 0.3 is 5.97 Å². The molecule has 0 radical (unpaired) electrons. The van der Waals surface area contributed by atoms with E-state index in [1.54, 1.807) is 0 Å². The molecule has 0 aromatic heterocycles. The van der Waals surface area contributed by atoms with Crippen LogP contribution in [0.1, 0.15) is 71.8 Å². The Labute approximate surface area is 214 Å². The molecule has 2 bridgehead atoms. The zero-order chi connectivity index (χ0) is 25.8. The maximum absolute atomic E-state index is 14.3. The molecule has 4 fully saturated rings. The van der Waals surface area contributed by atoms with Crippen LogP contribution < -0.4 is 4.90 Å². The van der Waals surface area contributed by atoms with Gasteiger partial charge in [0.2, 0.25) is 11.8 Å². The Balaban J connectivity index is 1.50. The van der Waals surface area contributed by atoms with Crippen molar-refractivity contribution in [1.82, 2.24) is 0 Å². The van der Waals surface area contributed by atoms with Gasteiger partial charge in [0.1, 0.15) is 0 Å². The topological polar surface area (TPSA) is 74.7 Å². The van der Waals surface area contributed by atoms with Crippen LogP contribution in [0.15, 0.2) is 35.9 Å². The van der Waals surface area contributed by atoms with E-state index in [-0.39, 0.29) is 52.2 Å². The smallest absolute Gasteiger partial charge is 0.309 e. The number of benzene rings is 1. The highest BCUT2D eigenvalue weighted by molar-refractivity contribution is 6.23. The number of carboxylic acids is 1. The lowest BCUT2D eigenvalue weighted by atomic mass is 9.34. The van der Waals surface area contributed by atoms with Crippen molar-refractivity contribution < 1.29 is 19.5 Å². The number of allylic oxidation sites excluding steroid dienone is 2. The number of hydrogen-bond acceptors (Lipinski definition) is 3. The van der Waals surface area contributed by atoms with Crippen LogP contribution in [0.4, 0.5) is 5.69 Å². The molecule has 1 aromatic rings. The highest BCUT2D eigenvalue weighted by Crippen LogP contribution is 2.74. The quantitative estimate of drug-likeness (QED) is 0.417. The molecule has 8 atom stereocenters. The van der Waals surface area contributed by atoms with Crippen molar-refractivity contribution in [3.8, 4) is 0 Å². The van der Waals surface area contributed by atoms with Crippen LogP contribution in [0.5, 0.6) is 0 Å². The van der Waals surface area contributed by atoms with E-state index in [4.69, 9.17) is 0 Å². The molecular formula is C31H39NO4. The molecule has 5 nitrogen and oxygen atoms in total. The third-order valence-corrected chi connectivity index (χ3v) is 11.4. The molecule has 36 heavy (non-hydrogen) atoms. The van der Waals surface area contributed by atoms with Gasteiger partial charge in [0.05, 0.1) is 22.9 Å². The van der Waals surface area contributed by atoms with Crippen molar-refractivity contribution in [1.29, 1.82) is 0 Å². The average Bonchev–Trinajstić information content (AvgIpc) is 3.10. The number of amides is 2. The van der Waals surface area contributed by atoms with E-state index < -0.39 is 11.4 Å². The Kier molecular flexibility index (Phi) is 5.02. The molecular weight excluding hydrogens is 450 g/mol. The Morgan fingerprint density at radius 2 is 1.83 bits per heavy atom. The second-order valence-electron chi connectivity index (χ2n) is 13.3. The van der Waals surface area contributed by atoms with Crippen LogP contribution in [0.25, 0.3) is 0 Å². The van der Waals surface area contributed by atoms with Crippen LogP contribution in [0.3, 0.4) is 0 Å². The largest absolute Gasteiger partial charge is 0.481 e. The number of nitrogens with zero attached hydrogens (tertiary/aromatic N) is 1. The van der Waals surface area contributed by atoms with Crippen molar-refractivity contribution in [2.45, 2.75) is 73.1 Å². The maximum Gasteiger partial charge on any atom is 0.309 e. The Hall–Kier alpha value is -2.43. The van der Waals surface area contributed by atoms with Gasteiger partial charge in [-0.2, -0.15) is 0 Å². The van der Waals surface area contributed by atoms with Gasteiger partial charge in [-0.05, 0) is 92.7 Å². The second kappa shape index (κ2) is 7.55. The first-order chi connectivity index (χ1) is 17.0. The fourth-order valence-electron chi connectivity index (χ4n) is 9.98. The molecule has 5 aliphatic carbocycles. The van der Waals surface area contributed by atoms with Gasteiger partial charge in [-0.3, -0.25) is 14.4 Å². The first-order valence-electron chi connectivity index (χ1n) is 13.9. The summed E-state index contributed by atoms with van der Waals surface area (Å²) in [7, 11) is 0. The predicted molar refractivity (Wildman–Crippen MR) is 138 cm³/mol. The van der Waals surface area contributed by atoms with E-state index >= 15 is 0 Å². The van der Waals surface area contributed by atoms with Crippen molar-refractivity contribution in [2.24, 2.45) is 51.8 Å². The molecule has 5 heteroatoms. The van der Waals surface area contributed by atoms with Crippen LogP contribution in [-0.2, 0) is 14.4 Å². The van der Waals surface area contributed by atoms with Crippen molar-refractivity contribution >= 4 is 23.5 Å². The minimum absolute atomic E-state index is 0.0315. The molecule has 3 saturated carbocycles. The fraction of sp³-hybridized carbons (Fsp3) is 0.645. The zero-order valence-electron chi connectivity index (χ0n) is 22.2. The van der Waals surface area contributed by atoms with E-state index in [1.165, 1.54) is 10.5 Å². The summed E-state index contributed by atoms with van der Waals surface area (Å²) in [6, 6.07) is 7.73. The summed E-state index contributed by atoms with van der Waals surface area (Å²) < 4.78 is 0. The number of rotatable bonds is 3. The Morgan fingerprint density at radius 3 is 2.50 bits per heavy atom. The van der Waals surface area contributed by atoms with Crippen molar-refractivity contribution in [3.63, 3.8) is 0 Å². The van der Waals surface area contributed by atoms with Gasteiger partial charge < -0.3 is 5.11 Å². The number of carboxylic acid groups (broad SMARTS) is 1. The molecule has 1 N–H and O–H groups in total. The molecule has 1 heterocycles. The van der Waals surface area contributed by atoms with Gasteiger partial charge in [0.25, 0.3) is 0 Å². The highest BCUT2D eigenvalue weighted by Gasteiger charge is 2.73. The molecule has 192 valence electrons. The first kappa shape index (κ1) is 23.9. The summed E-state index contributed by atoms with van der Waals surface area (Å²) in [5, 5.41) is 10.3. The van der Waals surface area contributed by atoms with E-state index in [2.05, 4.69) is 26.8 Å². The maximum atomic E-state index is 14.3. The molecule has 6 aliphatic rings. The average molecular weight is 490 g/mol. The number of aliphatic carboxylic acids is 1. The standard InChI is InChI=1S/C31H39NO4/c1-17(2)21-16-31-13-10-22-29(4,11-7-12-30(22,5)28(35)36)23(31)15-20(21)24-25(31)27(34)32(26(24)33)19-9-6-8-18(3)14-19/h6,8-9,14,16-17,20,22-25H,7,10-13,15H2,1-5H3,(H,35,36)/t20-,22-,23+,24+,25-,29-,30+,31-/m0/s1. The number of imide groups is 1. The van der Waals surface area contributed by atoms with Crippen molar-refractivity contribution in [2.75, 3.05) is 4.90 Å². The van der Waals surface area contributed by atoms with E-state index in [9.17, 15) is 19.5 Å². The monoisotopic (exact) mass is 489 g/mol. The third kappa shape index (κ3) is 2.80. The van der Waals surface area contributed by atoms with Gasteiger partial charge in [0, 0.05) is 5.41 Å². The first-order valence-corrected chi connectivity index (χ1v) is 13.9. The second-order valence-corrected chi connectivity index (χ2v) is 13.3. The summed E-state index contributed by atoms with van der Waals surface area (Å²) in [6.45, 7) is 10.7. The lowest BCUT2D eigenvalue weighted by Crippen LogP contribution is -2.65. The molecule has 1 aliphatic heterocycles. The highest BCUT2D eigenvalue weighted by atomic mass is 16.4. The summed E-state index contributed by atoms with van der Waals surface area (Å²) in [5.41, 5.74) is 1.83. The minimum atomic E-state index is -0.724. The third-order valence-electron chi connectivity index (χ3n) is 11.4. The lowest BCUT2D eigenvalue weighted by Gasteiger charge is -2.68. The number of hydrogen-bond donors (Lipinski definition) is 1. The number of anilines is 1. The number of fused-ring (bicyclic) bond motifs is 1. The van der Waals surface area contributed by atoms with Crippen LogP contribution in [0, 0.1) is 58.7 Å². The molecule has 2 amide bonds. The van der Waals surface area contributed by atoms with Crippen LogP contribution in [0.2, 0.25) is 0 Å². The summed E-state index contributed by atoms with van der Waals surface area (Å²) in [4.78, 5) is 42.3. The Bertz CT molecular complexity index is 1200. The van der Waals surface area contributed by atoms with Crippen LogP contribution in [-0.4, -0.2) is 22.9 Å². The SMILES string of the molecule is Cc1cccc(N2C(=O)[C@H]3[C@@H](C2=O)[C@@]24C=C(C(C)C)[C@@H]3C[C@@H]2[C@@]2(C)CCC[C@@](C)(C(=O)O)[C@H]2CC4)c1. The summed E-state index contributed by atoms with van der Waals surface area (Å²) >= 11 is 0. The number of carbonyl (C=O) groups excluding carboxylic acids is 2. The van der Waals surface area contributed by atoms with E-state index in [0.29, 0.717) is 11.6 Å². The molecule has 1 aromatic carbocycles. The molecule has 7 rings (SSSR count). The number of aryl methyl sites for hydroxylation is 1. The summed E-state index contributed by atoms with van der Waals surface area (Å²) in [5.74, 6) is -0.679. The number of carbonyl (C=O) groups is 3. The van der Waals surface area contributed by atoms with E-state index in [0.717, 1.165) is 44.1 Å². The van der Waals surface area contributed by atoms with Gasteiger partial charge in [-0.25, -0.2) is 4.90 Å². The molecule has 1 saturated heterocycles.